The van der Waals surface area contributed by atoms with E-state index in [1.165, 1.54) is 32.6 Å². The average Bonchev–Trinajstić information content (AvgIpc) is 2.88. The lowest BCUT2D eigenvalue weighted by Gasteiger charge is -2.00. The normalized spacial score (nSPS) is 17.8. The maximum Gasteiger partial charge on any atom is 0.331 e. The molecule has 1 aliphatic heterocycles. The molecule has 0 unspecified atom stereocenters. The van der Waals surface area contributed by atoms with Crippen molar-refractivity contribution in [2.45, 2.75) is 0 Å². The third-order valence-electron chi connectivity index (χ3n) is 2.65. The number of nitrogens with one attached hydrogen (secondary N) is 1. The van der Waals surface area contributed by atoms with E-state index < -0.39 is 17.7 Å². The first-order valence-corrected chi connectivity index (χ1v) is 7.08. The minimum absolute atomic E-state index is 0.140. The van der Waals surface area contributed by atoms with Crippen LogP contribution in [0.4, 0.5) is 4.39 Å². The molecule has 1 aromatic carbocycles. The van der Waals surface area contributed by atoms with E-state index >= 15 is 0 Å². The minimum atomic E-state index is -0.646. The molecule has 1 heterocycles. The van der Waals surface area contributed by atoms with Crippen LogP contribution in [0.15, 0.2) is 39.4 Å². The number of halogens is 1. The molecule has 1 amide bonds. The quantitative estimate of drug-likeness (QED) is 0.389. The molecule has 0 aliphatic carbocycles. The van der Waals surface area contributed by atoms with Gasteiger partial charge in [0, 0.05) is 17.7 Å². The van der Waals surface area contributed by atoms with Crippen LogP contribution in [0.3, 0.4) is 0 Å². The van der Waals surface area contributed by atoms with Crippen LogP contribution in [-0.2, 0) is 14.3 Å². The van der Waals surface area contributed by atoms with Gasteiger partial charge in [0.15, 0.2) is 5.17 Å². The summed E-state index contributed by atoms with van der Waals surface area (Å²) in [6.07, 6.45) is 2.26. The van der Waals surface area contributed by atoms with Crippen molar-refractivity contribution in [2.24, 2.45) is 10.2 Å². The van der Waals surface area contributed by atoms with Gasteiger partial charge in [-0.2, -0.15) is 5.10 Å². The highest BCUT2D eigenvalue weighted by Crippen LogP contribution is 2.23. The van der Waals surface area contributed by atoms with Crippen LogP contribution in [0.25, 0.3) is 0 Å². The zero-order chi connectivity index (χ0) is 16.8. The van der Waals surface area contributed by atoms with Crippen molar-refractivity contribution < 1.29 is 23.5 Å². The highest BCUT2D eigenvalue weighted by Gasteiger charge is 2.24. The maximum absolute atomic E-state index is 13.7. The molecule has 0 bridgehead atoms. The van der Waals surface area contributed by atoms with E-state index in [0.29, 0.717) is 5.75 Å². The van der Waals surface area contributed by atoms with E-state index in [1.54, 1.807) is 6.07 Å². The second kappa shape index (κ2) is 7.54. The highest BCUT2D eigenvalue weighted by atomic mass is 32.2. The summed E-state index contributed by atoms with van der Waals surface area (Å²) in [6, 6.07) is 4.29. The monoisotopic (exact) mass is 337 g/mol. The molecule has 0 radical (unpaired) electrons. The van der Waals surface area contributed by atoms with Crippen molar-refractivity contribution in [3.63, 3.8) is 0 Å². The first-order chi connectivity index (χ1) is 11.0. The number of nitrogens with zero attached hydrogens (tertiary/aromatic N) is 2. The van der Waals surface area contributed by atoms with E-state index in [1.807, 2.05) is 0 Å². The van der Waals surface area contributed by atoms with Gasteiger partial charge in [0.1, 0.15) is 11.6 Å². The van der Waals surface area contributed by atoms with E-state index in [9.17, 15) is 14.0 Å². The number of benzene rings is 1. The summed E-state index contributed by atoms with van der Waals surface area (Å²) in [6.45, 7) is 0. The zero-order valence-electron chi connectivity index (χ0n) is 12.2. The van der Waals surface area contributed by atoms with Crippen molar-refractivity contribution in [3.05, 3.63) is 40.6 Å². The molecular weight excluding hydrogens is 325 g/mol. The fourth-order valence-electron chi connectivity index (χ4n) is 1.52. The number of amides is 1. The van der Waals surface area contributed by atoms with Gasteiger partial charge < -0.3 is 9.47 Å². The lowest BCUT2D eigenvalue weighted by atomic mass is 10.2. The number of hydrogen-bond acceptors (Lipinski definition) is 7. The Hall–Kier alpha value is -2.68. The Morgan fingerprint density at radius 3 is 2.83 bits per heavy atom. The van der Waals surface area contributed by atoms with Crippen LogP contribution in [-0.4, -0.2) is 37.5 Å². The Morgan fingerprint density at radius 1 is 1.39 bits per heavy atom. The molecule has 1 fully saturated rings. The summed E-state index contributed by atoms with van der Waals surface area (Å²) in [5, 5.41) is 10.1. The molecule has 0 spiro atoms. The highest BCUT2D eigenvalue weighted by molar-refractivity contribution is 8.18. The molecule has 23 heavy (non-hydrogen) atoms. The van der Waals surface area contributed by atoms with Crippen LogP contribution < -0.4 is 10.1 Å². The van der Waals surface area contributed by atoms with Crippen molar-refractivity contribution >= 4 is 35.0 Å². The largest absolute Gasteiger partial charge is 0.497 e. The molecule has 1 aromatic rings. The maximum atomic E-state index is 13.7. The fourth-order valence-corrected chi connectivity index (χ4v) is 2.26. The Morgan fingerprint density at radius 2 is 2.17 bits per heavy atom. The lowest BCUT2D eigenvalue weighted by molar-refractivity contribution is -0.135. The van der Waals surface area contributed by atoms with Crippen LogP contribution in [0.2, 0.25) is 0 Å². The van der Waals surface area contributed by atoms with Gasteiger partial charge in [-0.1, -0.05) is 0 Å². The van der Waals surface area contributed by atoms with Crippen molar-refractivity contribution in [1.29, 1.82) is 0 Å². The summed E-state index contributed by atoms with van der Waals surface area (Å²) in [5.41, 5.74) is 0.217. The number of methoxy groups -OCH3 is 2. The van der Waals surface area contributed by atoms with Crippen molar-refractivity contribution in [2.75, 3.05) is 14.2 Å². The number of carbonyl (C=O) groups is 2. The predicted octanol–water partition coefficient (Wildman–Crippen LogP) is 1.44. The number of amidine groups is 1. The van der Waals surface area contributed by atoms with Gasteiger partial charge >= 0.3 is 5.97 Å². The topological polar surface area (TPSA) is 89.3 Å². The predicted molar refractivity (Wildman–Crippen MR) is 83.8 cm³/mol. The molecule has 1 N–H and O–H groups in total. The number of rotatable bonds is 4. The Kier molecular flexibility index (Phi) is 5.47. The lowest BCUT2D eigenvalue weighted by Crippen LogP contribution is -2.19. The summed E-state index contributed by atoms with van der Waals surface area (Å²) >= 11 is 0.930. The van der Waals surface area contributed by atoms with Gasteiger partial charge in [-0.3, -0.25) is 10.1 Å². The van der Waals surface area contributed by atoms with Gasteiger partial charge in [-0.25, -0.2) is 9.18 Å². The van der Waals surface area contributed by atoms with Gasteiger partial charge in [-0.05, 0) is 23.9 Å². The molecular formula is C14H12FN3O4S. The minimum Gasteiger partial charge on any atom is -0.497 e. The SMILES string of the molecule is COC(=O)/C=C1/S/C(=N\N=Cc2ccc(OC)cc2F)NC1=O. The molecule has 7 nitrogen and oxygen atoms in total. The first-order valence-electron chi connectivity index (χ1n) is 6.27. The molecule has 9 heteroatoms. The van der Waals surface area contributed by atoms with E-state index in [-0.39, 0.29) is 15.6 Å². The van der Waals surface area contributed by atoms with Gasteiger partial charge in [0.2, 0.25) is 0 Å². The van der Waals surface area contributed by atoms with Gasteiger partial charge in [0.25, 0.3) is 5.91 Å². The summed E-state index contributed by atoms with van der Waals surface area (Å²) in [7, 11) is 2.65. The molecule has 1 saturated heterocycles. The van der Waals surface area contributed by atoms with E-state index in [4.69, 9.17) is 4.74 Å². The Bertz CT molecular complexity index is 731. The molecule has 2 rings (SSSR count). The Balaban J connectivity index is 2.08. The number of ether oxygens (including phenoxy) is 2. The van der Waals surface area contributed by atoms with Crippen molar-refractivity contribution in [3.8, 4) is 5.75 Å². The second-order valence-corrected chi connectivity index (χ2v) is 5.16. The fraction of sp³-hybridized carbons (Fsp3) is 0.143. The van der Waals surface area contributed by atoms with Crippen LogP contribution in [0.1, 0.15) is 5.56 Å². The van der Waals surface area contributed by atoms with Crippen LogP contribution in [0, 0.1) is 5.82 Å². The third-order valence-corrected chi connectivity index (χ3v) is 3.55. The smallest absolute Gasteiger partial charge is 0.331 e. The molecule has 0 aromatic heterocycles. The van der Waals surface area contributed by atoms with Gasteiger partial charge in [-0.15, -0.1) is 5.10 Å². The molecule has 0 atom stereocenters. The van der Waals surface area contributed by atoms with E-state index in [0.717, 1.165) is 17.8 Å². The van der Waals surface area contributed by atoms with Crippen LogP contribution in [0.5, 0.6) is 5.75 Å². The standard InChI is InChI=1S/C14H12FN3O4S/c1-21-9-4-3-8(10(15)5-9)7-16-18-14-17-13(20)11(23-14)6-12(19)22-2/h3-7H,1-2H3,(H,17,18,20)/b11-6+,16-7?. The average molecular weight is 337 g/mol. The number of esters is 1. The van der Waals surface area contributed by atoms with Crippen molar-refractivity contribution in [1.82, 2.24) is 5.32 Å². The number of thioether (sulfide) groups is 1. The molecule has 120 valence electrons. The molecule has 1 aliphatic rings. The zero-order valence-corrected chi connectivity index (χ0v) is 13.0. The van der Waals surface area contributed by atoms with E-state index in [2.05, 4.69) is 20.3 Å². The number of carbonyl (C=O) groups excluding carboxylic acids is 2. The first kappa shape index (κ1) is 16.7. The van der Waals surface area contributed by atoms with Crippen LogP contribution >= 0.6 is 11.8 Å². The second-order valence-electron chi connectivity index (χ2n) is 4.13. The Labute approximate surface area is 135 Å². The summed E-state index contributed by atoms with van der Waals surface area (Å²) in [5.74, 6) is -1.25. The number of hydrogen-bond donors (Lipinski definition) is 1. The summed E-state index contributed by atoms with van der Waals surface area (Å²) < 4.78 is 23.0. The molecule has 0 saturated carbocycles. The summed E-state index contributed by atoms with van der Waals surface area (Å²) in [4.78, 5) is 22.8. The third kappa shape index (κ3) is 4.39. The van der Waals surface area contributed by atoms with Gasteiger partial charge in [0.05, 0.1) is 25.3 Å².